The molecule has 0 aliphatic carbocycles. The van der Waals surface area contributed by atoms with Crippen LogP contribution < -0.4 is 11.1 Å². The average Bonchev–Trinajstić information content (AvgIpc) is 3.17. The molecule has 13 heteroatoms. The van der Waals surface area contributed by atoms with Crippen molar-refractivity contribution < 1.29 is 28.5 Å². The molecule has 1 saturated heterocycles. The number of ether oxygens (including phenoxy) is 1. The van der Waals surface area contributed by atoms with Crippen LogP contribution in [0.15, 0.2) is 24.3 Å². The number of non-ortho nitro benzene ring substituents is 1. The number of rotatable bonds is 11. The summed E-state index contributed by atoms with van der Waals surface area (Å²) in [5.74, 6) is -0.299. The predicted octanol–water partition coefficient (Wildman–Crippen LogP) is 3.03. The molecule has 2 rings (SSSR count). The zero-order valence-electron chi connectivity index (χ0n) is 21.4. The maximum Gasteiger partial charge on any atom is 0.410 e. The molecule has 1 fully saturated rings. The van der Waals surface area contributed by atoms with Gasteiger partial charge in [0.15, 0.2) is 8.32 Å². The van der Waals surface area contributed by atoms with E-state index < -0.39 is 25.2 Å². The van der Waals surface area contributed by atoms with Crippen molar-refractivity contribution in [1.82, 2.24) is 10.2 Å². The van der Waals surface area contributed by atoms with Crippen molar-refractivity contribution in [2.24, 2.45) is 5.73 Å². The van der Waals surface area contributed by atoms with Gasteiger partial charge < -0.3 is 25.1 Å². The Kier molecular flexibility index (Phi) is 10.3. The molecule has 1 heterocycles. The van der Waals surface area contributed by atoms with Gasteiger partial charge in [0.25, 0.3) is 5.69 Å². The standard InChI is InChI=1S/C23H36N4O7SSi/c1-23(2,3)36(4,5)34-19-10-18(14-35-15-21(29)25-11-20(24)28)26(12-19)22(30)33-13-16-6-8-17(9-7-16)27(31)32/h6-9,18-19H,10-15H2,1-5H3,(H2,24,28)(H,25,29). The van der Waals surface area contributed by atoms with E-state index in [2.05, 4.69) is 39.2 Å². The SMILES string of the molecule is CC(C)(C)[Si](C)(C)OC1CC(CSCC(=O)NCC(N)=O)N(C(=O)OCc2ccc([N+](=O)[O-])cc2)C1. The molecule has 0 radical (unpaired) electrons. The minimum atomic E-state index is -2.07. The fourth-order valence-electron chi connectivity index (χ4n) is 3.40. The molecule has 2 unspecified atom stereocenters. The molecule has 3 amide bonds. The first-order chi connectivity index (χ1) is 16.7. The molecule has 0 aromatic heterocycles. The predicted molar refractivity (Wildman–Crippen MR) is 140 cm³/mol. The van der Waals surface area contributed by atoms with Crippen LogP contribution in [0.5, 0.6) is 0 Å². The molecule has 1 aliphatic heterocycles. The van der Waals surface area contributed by atoms with Gasteiger partial charge in [-0.15, -0.1) is 11.8 Å². The molecule has 36 heavy (non-hydrogen) atoms. The van der Waals surface area contributed by atoms with Gasteiger partial charge in [-0.1, -0.05) is 20.8 Å². The monoisotopic (exact) mass is 540 g/mol. The Bertz CT molecular complexity index is 953. The summed E-state index contributed by atoms with van der Waals surface area (Å²) in [4.78, 5) is 47.7. The molecule has 1 aromatic rings. The molecule has 200 valence electrons. The van der Waals surface area contributed by atoms with Gasteiger partial charge >= 0.3 is 6.09 Å². The number of nitro groups is 1. The minimum Gasteiger partial charge on any atom is -0.445 e. The number of thioether (sulfide) groups is 1. The fraction of sp³-hybridized carbons (Fsp3) is 0.609. The molecule has 2 atom stereocenters. The highest BCUT2D eigenvalue weighted by atomic mass is 32.2. The fourth-order valence-corrected chi connectivity index (χ4v) is 5.75. The van der Waals surface area contributed by atoms with E-state index in [1.54, 1.807) is 17.0 Å². The van der Waals surface area contributed by atoms with Crippen LogP contribution >= 0.6 is 11.8 Å². The number of likely N-dealkylation sites (tertiary alicyclic amines) is 1. The highest BCUT2D eigenvalue weighted by molar-refractivity contribution is 8.00. The summed E-state index contributed by atoms with van der Waals surface area (Å²) in [7, 11) is -2.07. The lowest BCUT2D eigenvalue weighted by molar-refractivity contribution is -0.384. The summed E-state index contributed by atoms with van der Waals surface area (Å²) in [6.07, 6.45) is -0.0275. The van der Waals surface area contributed by atoms with Crippen molar-refractivity contribution >= 4 is 43.7 Å². The van der Waals surface area contributed by atoms with Crippen LogP contribution in [0.2, 0.25) is 18.1 Å². The van der Waals surface area contributed by atoms with E-state index in [-0.39, 0.29) is 47.7 Å². The van der Waals surface area contributed by atoms with E-state index in [1.165, 1.54) is 23.9 Å². The third-order valence-electron chi connectivity index (χ3n) is 6.39. The molecule has 0 saturated carbocycles. The van der Waals surface area contributed by atoms with E-state index >= 15 is 0 Å². The number of nitro benzene ring substituents is 1. The minimum absolute atomic E-state index is 0.0135. The number of nitrogens with zero attached hydrogens (tertiary/aromatic N) is 2. The number of primary amides is 1. The van der Waals surface area contributed by atoms with Crippen LogP contribution in [0.25, 0.3) is 0 Å². The number of amides is 3. The summed E-state index contributed by atoms with van der Waals surface area (Å²) in [6.45, 7) is 10.9. The van der Waals surface area contributed by atoms with Crippen molar-refractivity contribution in [3.63, 3.8) is 0 Å². The second-order valence-electron chi connectivity index (χ2n) is 10.3. The second kappa shape index (κ2) is 12.5. The normalized spacial score (nSPS) is 18.1. The topological polar surface area (TPSA) is 154 Å². The summed E-state index contributed by atoms with van der Waals surface area (Å²) in [5, 5.41) is 13.3. The number of carbonyl (C=O) groups is 3. The molecular formula is C23H36N4O7SSi. The summed E-state index contributed by atoms with van der Waals surface area (Å²) >= 11 is 1.35. The summed E-state index contributed by atoms with van der Waals surface area (Å²) < 4.78 is 12.1. The molecule has 3 N–H and O–H groups in total. The van der Waals surface area contributed by atoms with E-state index in [9.17, 15) is 24.5 Å². The van der Waals surface area contributed by atoms with Crippen molar-refractivity contribution in [3.8, 4) is 0 Å². The van der Waals surface area contributed by atoms with Gasteiger partial charge in [0.2, 0.25) is 11.8 Å². The lowest BCUT2D eigenvalue weighted by atomic mass is 10.2. The zero-order valence-corrected chi connectivity index (χ0v) is 23.3. The number of hydrogen-bond acceptors (Lipinski definition) is 8. The van der Waals surface area contributed by atoms with Gasteiger partial charge in [-0.3, -0.25) is 19.7 Å². The quantitative estimate of drug-likeness (QED) is 0.247. The second-order valence-corrected chi connectivity index (χ2v) is 16.1. The van der Waals surface area contributed by atoms with E-state index in [0.29, 0.717) is 24.3 Å². The Labute approximate surface area is 216 Å². The van der Waals surface area contributed by atoms with Crippen LogP contribution in [0.3, 0.4) is 0 Å². The number of hydrogen-bond donors (Lipinski definition) is 2. The Balaban J connectivity index is 2.02. The van der Waals surface area contributed by atoms with Crippen LogP contribution in [-0.2, 0) is 25.4 Å². The number of carbonyl (C=O) groups excluding carboxylic acids is 3. The Morgan fingerprint density at radius 2 is 1.89 bits per heavy atom. The first kappa shape index (κ1) is 29.6. The molecule has 1 aromatic carbocycles. The van der Waals surface area contributed by atoms with Gasteiger partial charge in [0, 0.05) is 30.5 Å². The van der Waals surface area contributed by atoms with Gasteiger partial charge in [-0.25, -0.2) is 4.79 Å². The third-order valence-corrected chi connectivity index (χ3v) is 12.0. The highest BCUT2D eigenvalue weighted by Gasteiger charge is 2.44. The third kappa shape index (κ3) is 8.78. The van der Waals surface area contributed by atoms with Crippen LogP contribution in [-0.4, -0.2) is 72.8 Å². The van der Waals surface area contributed by atoms with E-state index in [0.717, 1.165) is 0 Å². The first-order valence-electron chi connectivity index (χ1n) is 11.7. The van der Waals surface area contributed by atoms with Crippen LogP contribution in [0.4, 0.5) is 10.5 Å². The Morgan fingerprint density at radius 1 is 1.25 bits per heavy atom. The average molecular weight is 541 g/mol. The maximum absolute atomic E-state index is 13.0. The molecule has 1 aliphatic rings. The Hall–Kier alpha value is -2.64. The highest BCUT2D eigenvalue weighted by Crippen LogP contribution is 2.39. The summed E-state index contributed by atoms with van der Waals surface area (Å²) in [5.41, 5.74) is 5.65. The van der Waals surface area contributed by atoms with Crippen LogP contribution in [0.1, 0.15) is 32.8 Å². The van der Waals surface area contributed by atoms with E-state index in [1.807, 2.05) is 0 Å². The van der Waals surface area contributed by atoms with Crippen molar-refractivity contribution in [3.05, 3.63) is 39.9 Å². The Morgan fingerprint density at radius 3 is 2.44 bits per heavy atom. The molecule has 0 spiro atoms. The zero-order chi connectivity index (χ0) is 27.1. The molecule has 11 nitrogen and oxygen atoms in total. The lowest BCUT2D eigenvalue weighted by Gasteiger charge is -2.38. The van der Waals surface area contributed by atoms with Crippen molar-refractivity contribution in [2.45, 2.75) is 64.1 Å². The van der Waals surface area contributed by atoms with Crippen molar-refractivity contribution in [1.29, 1.82) is 0 Å². The number of benzene rings is 1. The number of nitrogens with two attached hydrogens (primary N) is 1. The van der Waals surface area contributed by atoms with E-state index in [4.69, 9.17) is 14.9 Å². The van der Waals surface area contributed by atoms with Crippen LogP contribution in [0, 0.1) is 10.1 Å². The molecular weight excluding hydrogens is 504 g/mol. The lowest BCUT2D eigenvalue weighted by Crippen LogP contribution is -2.44. The first-order valence-corrected chi connectivity index (χ1v) is 15.7. The molecule has 0 bridgehead atoms. The largest absolute Gasteiger partial charge is 0.445 e. The maximum atomic E-state index is 13.0. The van der Waals surface area contributed by atoms with Gasteiger partial charge in [0.1, 0.15) is 6.61 Å². The van der Waals surface area contributed by atoms with Gasteiger partial charge in [-0.05, 0) is 42.2 Å². The van der Waals surface area contributed by atoms with Gasteiger partial charge in [-0.2, -0.15) is 0 Å². The van der Waals surface area contributed by atoms with Gasteiger partial charge in [0.05, 0.1) is 23.3 Å². The van der Waals surface area contributed by atoms with Crippen molar-refractivity contribution in [2.75, 3.05) is 24.6 Å². The number of nitrogens with one attached hydrogen (secondary N) is 1. The smallest absolute Gasteiger partial charge is 0.410 e. The summed E-state index contributed by atoms with van der Waals surface area (Å²) in [6, 6.07) is 5.64.